The van der Waals surface area contributed by atoms with Crippen molar-refractivity contribution < 1.29 is 99.8 Å². The van der Waals surface area contributed by atoms with Crippen LogP contribution in [-0.4, -0.2) is 42.6 Å². The Kier molecular flexibility index (Phi) is 9.93. The average molecular weight is 611 g/mol. The summed E-state index contributed by atoms with van der Waals surface area (Å²) in [5.74, 6) is -1.89. The summed E-state index contributed by atoms with van der Waals surface area (Å²) < 4.78 is 68.9. The Morgan fingerprint density at radius 2 is 1.02 bits per heavy atom. The van der Waals surface area contributed by atoms with E-state index in [-0.39, 0.29) is 104 Å². The number of hydrogen-bond acceptors (Lipinski definition) is 11. The number of benzene rings is 4. The smallest absolute Gasteiger partial charge is 0.744 e. The number of fused-ring (bicyclic) bond motifs is 2. The number of rotatable bonds is 6. The fourth-order valence-electron chi connectivity index (χ4n) is 4.24. The zero-order valence-corrected chi connectivity index (χ0v) is 27.2. The summed E-state index contributed by atoms with van der Waals surface area (Å²) in [6.07, 6.45) is 0. The van der Waals surface area contributed by atoms with Gasteiger partial charge in [0.15, 0.2) is 17.3 Å². The maximum Gasteiger partial charge on any atom is 1.00 e. The molecule has 0 heterocycles. The molecule has 1 aliphatic rings. The molecule has 11 nitrogen and oxygen atoms in total. The summed E-state index contributed by atoms with van der Waals surface area (Å²) in [7, 11) is -9.60. The standard InChI is InChI=1S/C26H18N2O9S2.2Na/c29-24-18-9-1-2-10-19(18)25(30)23-22(24)20(27-14-5-3-7-16(11-14)38(32,33)34)13-21(26(23)31)28-15-6-4-8-17(12-15)39(35,36)37;;/h1-13,27-28,31H,(H,32,33,34)(H,35,36,37);;/q;2*+1/p-2. The summed E-state index contributed by atoms with van der Waals surface area (Å²) in [4.78, 5) is 25.9. The van der Waals surface area contributed by atoms with E-state index in [9.17, 15) is 40.6 Å². The molecule has 0 radical (unpaired) electrons. The van der Waals surface area contributed by atoms with Crippen LogP contribution in [0.1, 0.15) is 31.8 Å². The fourth-order valence-corrected chi connectivity index (χ4v) is 5.27. The maximum atomic E-state index is 13.5. The fraction of sp³-hybridized carbons (Fsp3) is 0. The normalized spacial score (nSPS) is 12.3. The number of hydrogen-bond donors (Lipinski definition) is 3. The number of aromatic hydroxyl groups is 1. The van der Waals surface area contributed by atoms with Gasteiger partial charge in [0.1, 0.15) is 20.2 Å². The van der Waals surface area contributed by atoms with E-state index in [1.807, 2.05) is 0 Å². The van der Waals surface area contributed by atoms with E-state index >= 15 is 0 Å². The van der Waals surface area contributed by atoms with Gasteiger partial charge in [0.2, 0.25) is 0 Å². The molecule has 0 atom stereocenters. The van der Waals surface area contributed by atoms with Crippen LogP contribution in [-0.2, 0) is 20.2 Å². The van der Waals surface area contributed by atoms with E-state index in [0.29, 0.717) is 0 Å². The molecule has 0 aliphatic heterocycles. The molecule has 0 unspecified atom stereocenters. The topological polar surface area (TPSA) is 193 Å². The Bertz CT molecular complexity index is 1930. The largest absolute Gasteiger partial charge is 1.00 e. The van der Waals surface area contributed by atoms with E-state index in [1.165, 1.54) is 42.5 Å². The van der Waals surface area contributed by atoms with Crippen molar-refractivity contribution in [1.82, 2.24) is 0 Å². The van der Waals surface area contributed by atoms with E-state index in [2.05, 4.69) is 10.6 Å². The number of carbonyl (C=O) groups is 2. The second kappa shape index (κ2) is 12.4. The number of nitrogens with one attached hydrogen (secondary N) is 2. The molecule has 0 fully saturated rings. The van der Waals surface area contributed by atoms with Crippen molar-refractivity contribution >= 4 is 54.6 Å². The summed E-state index contributed by atoms with van der Waals surface area (Å²) >= 11 is 0. The SMILES string of the molecule is O=C1c2ccccc2C(=O)c2c(O)c(Nc3cccc(S(=O)(=O)[O-])c3)cc(Nc3cccc(S(=O)(=O)[O-])c3)c21.[Na+].[Na+]. The first-order valence-electron chi connectivity index (χ1n) is 11.1. The third-order valence-electron chi connectivity index (χ3n) is 5.97. The van der Waals surface area contributed by atoms with Gasteiger partial charge in [-0.2, -0.15) is 0 Å². The quantitative estimate of drug-likeness (QED) is 0.0795. The maximum absolute atomic E-state index is 13.5. The first-order valence-corrected chi connectivity index (χ1v) is 13.9. The summed E-state index contributed by atoms with van der Waals surface area (Å²) in [6, 6.07) is 16.9. The van der Waals surface area contributed by atoms with Crippen molar-refractivity contribution in [1.29, 1.82) is 0 Å². The molecule has 1 aliphatic carbocycles. The van der Waals surface area contributed by atoms with Crippen LogP contribution in [0.5, 0.6) is 5.75 Å². The van der Waals surface area contributed by atoms with Gasteiger partial charge in [-0.25, -0.2) is 16.8 Å². The molecule has 4 aromatic rings. The van der Waals surface area contributed by atoms with Crippen molar-refractivity contribution in [3.05, 3.63) is 101 Å². The molecule has 41 heavy (non-hydrogen) atoms. The van der Waals surface area contributed by atoms with Crippen molar-refractivity contribution in [3.63, 3.8) is 0 Å². The summed E-state index contributed by atoms with van der Waals surface area (Å²) in [6.45, 7) is 0. The zero-order chi connectivity index (χ0) is 28.1. The van der Waals surface area contributed by atoms with Crippen LogP contribution < -0.4 is 69.7 Å². The van der Waals surface area contributed by atoms with Gasteiger partial charge in [-0.3, -0.25) is 9.59 Å². The third kappa shape index (κ3) is 6.60. The minimum absolute atomic E-state index is 0. The Balaban J connectivity index is 0.00000231. The average Bonchev–Trinajstić information content (AvgIpc) is 2.88. The Hall–Kier alpha value is -2.56. The number of ketones is 2. The summed E-state index contributed by atoms with van der Waals surface area (Å²) in [5.41, 5.74) is -0.419. The van der Waals surface area contributed by atoms with E-state index in [1.54, 1.807) is 12.1 Å². The second-order valence-corrected chi connectivity index (χ2v) is 11.2. The molecule has 198 valence electrons. The predicted octanol–water partition coefficient (Wildman–Crippen LogP) is -2.53. The van der Waals surface area contributed by atoms with Gasteiger partial charge in [-0.15, -0.1) is 0 Å². The molecule has 5 rings (SSSR count). The van der Waals surface area contributed by atoms with Crippen LogP contribution in [0.25, 0.3) is 0 Å². The Labute approximate surface area is 279 Å². The van der Waals surface area contributed by atoms with Gasteiger partial charge >= 0.3 is 59.1 Å². The molecule has 0 saturated carbocycles. The number of phenolic OH excluding ortho intramolecular Hbond substituents is 1. The Morgan fingerprint density at radius 3 is 1.49 bits per heavy atom. The summed E-state index contributed by atoms with van der Waals surface area (Å²) in [5, 5.41) is 16.7. The Morgan fingerprint density at radius 1 is 0.585 bits per heavy atom. The van der Waals surface area contributed by atoms with Gasteiger partial charge < -0.3 is 24.8 Å². The molecule has 0 spiro atoms. The molecule has 3 N–H and O–H groups in total. The van der Waals surface area contributed by atoms with Crippen LogP contribution in [0.15, 0.2) is 88.7 Å². The first-order chi connectivity index (χ1) is 18.3. The van der Waals surface area contributed by atoms with Crippen molar-refractivity contribution in [2.24, 2.45) is 0 Å². The number of phenols is 1. The van der Waals surface area contributed by atoms with E-state index in [4.69, 9.17) is 0 Å². The molecule has 4 aromatic carbocycles. The van der Waals surface area contributed by atoms with Crippen LogP contribution in [0.2, 0.25) is 0 Å². The first kappa shape index (κ1) is 32.9. The van der Waals surface area contributed by atoms with Gasteiger partial charge in [-0.1, -0.05) is 36.4 Å². The minimum Gasteiger partial charge on any atom is -0.744 e. The number of carbonyl (C=O) groups excluding carboxylic acids is 2. The van der Waals surface area contributed by atoms with Crippen molar-refractivity contribution in [2.75, 3.05) is 10.6 Å². The molecule has 0 amide bonds. The monoisotopic (exact) mass is 610 g/mol. The van der Waals surface area contributed by atoms with E-state index in [0.717, 1.165) is 24.3 Å². The predicted molar refractivity (Wildman–Crippen MR) is 137 cm³/mol. The van der Waals surface area contributed by atoms with Crippen molar-refractivity contribution in [3.8, 4) is 5.75 Å². The zero-order valence-electron chi connectivity index (χ0n) is 21.5. The molecular formula is C26H16N2Na2O9S2. The van der Waals surface area contributed by atoms with Gasteiger partial charge in [0.25, 0.3) is 0 Å². The molecule has 0 saturated heterocycles. The van der Waals surface area contributed by atoms with Gasteiger partial charge in [-0.05, 0) is 42.5 Å². The minimum atomic E-state index is -4.80. The van der Waals surface area contributed by atoms with Gasteiger partial charge in [0.05, 0.1) is 32.3 Å². The second-order valence-electron chi connectivity index (χ2n) is 8.49. The van der Waals surface area contributed by atoms with Crippen molar-refractivity contribution in [2.45, 2.75) is 9.79 Å². The molecule has 0 bridgehead atoms. The van der Waals surface area contributed by atoms with Gasteiger partial charge in [0, 0.05) is 22.5 Å². The van der Waals surface area contributed by atoms with E-state index < -0.39 is 47.3 Å². The molecule has 0 aromatic heterocycles. The van der Waals surface area contributed by atoms with Crippen LogP contribution in [0.4, 0.5) is 22.7 Å². The number of anilines is 4. The van der Waals surface area contributed by atoms with Crippen LogP contribution >= 0.6 is 0 Å². The van der Waals surface area contributed by atoms with Crippen LogP contribution in [0, 0.1) is 0 Å². The molecule has 15 heteroatoms. The third-order valence-corrected chi connectivity index (χ3v) is 7.64. The van der Waals surface area contributed by atoms with Crippen LogP contribution in [0.3, 0.4) is 0 Å². The molecular weight excluding hydrogens is 594 g/mol.